The molecule has 2 aliphatic rings. The molecule has 0 aromatic carbocycles. The fraction of sp³-hybridized carbons (Fsp3) is 0.643. The number of carbonyl (C=O) groups is 2. The Morgan fingerprint density at radius 2 is 1.85 bits per heavy atom. The first-order valence-corrected chi connectivity index (χ1v) is 8.03. The van der Waals surface area contributed by atoms with Crippen molar-refractivity contribution in [1.82, 2.24) is 14.8 Å². The third kappa shape index (κ3) is 2.57. The van der Waals surface area contributed by atoms with E-state index in [1.165, 1.54) is 17.8 Å². The summed E-state index contributed by atoms with van der Waals surface area (Å²) in [6, 6.07) is 0. The minimum Gasteiger partial charge on any atom is -0.339 e. The van der Waals surface area contributed by atoms with Crippen LogP contribution in [0.1, 0.15) is 34.8 Å². The number of thiazole rings is 1. The van der Waals surface area contributed by atoms with Gasteiger partial charge < -0.3 is 9.80 Å². The molecule has 0 atom stereocenters. The minimum atomic E-state index is -0.00917. The monoisotopic (exact) mass is 293 g/mol. The van der Waals surface area contributed by atoms with E-state index >= 15 is 0 Å². The number of piperazine rings is 1. The zero-order valence-corrected chi connectivity index (χ0v) is 12.5. The number of amides is 2. The molecular weight excluding hydrogens is 274 g/mol. The summed E-state index contributed by atoms with van der Waals surface area (Å²) < 4.78 is 0. The first-order chi connectivity index (χ1) is 9.65. The Hall–Kier alpha value is -1.43. The van der Waals surface area contributed by atoms with Crippen molar-refractivity contribution in [2.45, 2.75) is 26.2 Å². The van der Waals surface area contributed by atoms with Crippen LogP contribution in [0.4, 0.5) is 0 Å². The predicted molar refractivity (Wildman–Crippen MR) is 76.7 cm³/mol. The van der Waals surface area contributed by atoms with Gasteiger partial charge in [-0.1, -0.05) is 6.42 Å². The van der Waals surface area contributed by atoms with Crippen molar-refractivity contribution in [2.24, 2.45) is 5.92 Å². The topological polar surface area (TPSA) is 53.5 Å². The molecule has 0 spiro atoms. The summed E-state index contributed by atoms with van der Waals surface area (Å²) in [5.74, 6) is 0.524. The van der Waals surface area contributed by atoms with Gasteiger partial charge in [0.2, 0.25) is 5.91 Å². The molecule has 2 heterocycles. The molecule has 0 bridgehead atoms. The predicted octanol–water partition coefficient (Wildman–Crippen LogP) is 1.54. The summed E-state index contributed by atoms with van der Waals surface area (Å²) in [5.41, 5.74) is 0.534. The van der Waals surface area contributed by atoms with E-state index in [1.54, 1.807) is 4.90 Å². The number of rotatable bonds is 2. The molecule has 3 rings (SSSR count). The van der Waals surface area contributed by atoms with Gasteiger partial charge in [-0.15, -0.1) is 11.3 Å². The summed E-state index contributed by atoms with van der Waals surface area (Å²) in [6.45, 7) is 4.45. The van der Waals surface area contributed by atoms with Crippen LogP contribution in [0.25, 0.3) is 0 Å². The summed E-state index contributed by atoms with van der Waals surface area (Å²) >= 11 is 1.49. The van der Waals surface area contributed by atoms with Crippen LogP contribution in [0.2, 0.25) is 0 Å². The number of carbonyl (C=O) groups excluding carboxylic acids is 2. The maximum absolute atomic E-state index is 12.3. The van der Waals surface area contributed by atoms with Gasteiger partial charge in [0.15, 0.2) is 0 Å². The molecule has 0 unspecified atom stereocenters. The van der Waals surface area contributed by atoms with Crippen molar-refractivity contribution < 1.29 is 9.59 Å². The lowest BCUT2D eigenvalue weighted by atomic mass is 9.84. The molecule has 5 nitrogen and oxygen atoms in total. The van der Waals surface area contributed by atoms with Crippen molar-refractivity contribution >= 4 is 23.2 Å². The van der Waals surface area contributed by atoms with E-state index in [2.05, 4.69) is 4.98 Å². The lowest BCUT2D eigenvalue weighted by Crippen LogP contribution is -2.52. The van der Waals surface area contributed by atoms with Gasteiger partial charge in [0.05, 0.1) is 5.01 Å². The first kappa shape index (κ1) is 13.5. The summed E-state index contributed by atoms with van der Waals surface area (Å²) in [7, 11) is 0. The van der Waals surface area contributed by atoms with E-state index in [1.807, 2.05) is 17.2 Å². The van der Waals surface area contributed by atoms with Crippen LogP contribution in [-0.2, 0) is 4.79 Å². The quantitative estimate of drug-likeness (QED) is 0.831. The van der Waals surface area contributed by atoms with Crippen LogP contribution < -0.4 is 0 Å². The normalized spacial score (nSPS) is 19.9. The average Bonchev–Trinajstić information content (AvgIpc) is 2.83. The molecule has 1 saturated heterocycles. The van der Waals surface area contributed by atoms with Crippen LogP contribution in [0.5, 0.6) is 0 Å². The Morgan fingerprint density at radius 3 is 2.35 bits per heavy atom. The highest BCUT2D eigenvalue weighted by Gasteiger charge is 2.32. The Bertz CT molecular complexity index is 516. The van der Waals surface area contributed by atoms with Gasteiger partial charge >= 0.3 is 0 Å². The Labute approximate surface area is 122 Å². The maximum atomic E-state index is 12.3. The van der Waals surface area contributed by atoms with Crippen LogP contribution in [0, 0.1) is 12.8 Å². The number of aryl methyl sites for hydroxylation is 1. The minimum absolute atomic E-state index is 0.00917. The fourth-order valence-electron chi connectivity index (χ4n) is 2.67. The standard InChI is InChI=1S/C14H19N3O2S/c1-10-15-12(9-20-10)14(19)17-7-5-16(6-8-17)13(18)11-3-2-4-11/h9,11H,2-8H2,1H3. The van der Waals surface area contributed by atoms with Crippen molar-refractivity contribution in [3.63, 3.8) is 0 Å². The van der Waals surface area contributed by atoms with Gasteiger partial charge in [-0.2, -0.15) is 0 Å². The number of aromatic nitrogens is 1. The zero-order chi connectivity index (χ0) is 14.1. The summed E-state index contributed by atoms with van der Waals surface area (Å²) in [6.07, 6.45) is 3.25. The van der Waals surface area contributed by atoms with Crippen LogP contribution in [-0.4, -0.2) is 52.8 Å². The lowest BCUT2D eigenvalue weighted by molar-refractivity contribution is -0.139. The summed E-state index contributed by atoms with van der Waals surface area (Å²) in [5, 5.41) is 2.72. The van der Waals surface area contributed by atoms with E-state index < -0.39 is 0 Å². The van der Waals surface area contributed by atoms with Gasteiger partial charge in [-0.25, -0.2) is 4.98 Å². The van der Waals surface area contributed by atoms with Crippen molar-refractivity contribution in [1.29, 1.82) is 0 Å². The van der Waals surface area contributed by atoms with Crippen LogP contribution in [0.3, 0.4) is 0 Å². The fourth-order valence-corrected chi connectivity index (χ4v) is 3.25. The third-order valence-corrected chi connectivity index (χ3v) is 4.94. The molecule has 0 radical (unpaired) electrons. The first-order valence-electron chi connectivity index (χ1n) is 7.15. The molecule has 0 N–H and O–H groups in total. The Balaban J connectivity index is 1.55. The van der Waals surface area contributed by atoms with Crippen molar-refractivity contribution in [3.05, 3.63) is 16.1 Å². The molecule has 1 aliphatic heterocycles. The smallest absolute Gasteiger partial charge is 0.273 e. The number of hydrogen-bond acceptors (Lipinski definition) is 4. The van der Waals surface area contributed by atoms with Crippen LogP contribution >= 0.6 is 11.3 Å². The highest BCUT2D eigenvalue weighted by molar-refractivity contribution is 7.09. The molecule has 1 aliphatic carbocycles. The largest absolute Gasteiger partial charge is 0.339 e. The molecule has 1 saturated carbocycles. The van der Waals surface area contributed by atoms with Gasteiger partial charge in [0.1, 0.15) is 5.69 Å². The van der Waals surface area contributed by atoms with Crippen molar-refractivity contribution in [3.8, 4) is 0 Å². The van der Waals surface area contributed by atoms with Gasteiger partial charge in [0.25, 0.3) is 5.91 Å². The van der Waals surface area contributed by atoms with Gasteiger partial charge in [0, 0.05) is 37.5 Å². The van der Waals surface area contributed by atoms with Crippen LogP contribution in [0.15, 0.2) is 5.38 Å². The highest BCUT2D eigenvalue weighted by Crippen LogP contribution is 2.28. The van der Waals surface area contributed by atoms with E-state index in [0.717, 1.165) is 17.8 Å². The zero-order valence-electron chi connectivity index (χ0n) is 11.7. The van der Waals surface area contributed by atoms with Crippen molar-refractivity contribution in [2.75, 3.05) is 26.2 Å². The van der Waals surface area contributed by atoms with Gasteiger partial charge in [-0.05, 0) is 19.8 Å². The second-order valence-corrected chi connectivity index (χ2v) is 6.56. The number of nitrogens with zero attached hydrogens (tertiary/aromatic N) is 3. The molecular formula is C14H19N3O2S. The third-order valence-electron chi connectivity index (χ3n) is 4.17. The second kappa shape index (κ2) is 5.52. The maximum Gasteiger partial charge on any atom is 0.273 e. The molecule has 1 aromatic rings. The lowest BCUT2D eigenvalue weighted by Gasteiger charge is -2.38. The molecule has 1 aromatic heterocycles. The molecule has 2 fully saturated rings. The molecule has 2 amide bonds. The molecule has 6 heteroatoms. The molecule has 108 valence electrons. The highest BCUT2D eigenvalue weighted by atomic mass is 32.1. The van der Waals surface area contributed by atoms with E-state index in [9.17, 15) is 9.59 Å². The van der Waals surface area contributed by atoms with E-state index in [-0.39, 0.29) is 17.7 Å². The van der Waals surface area contributed by atoms with E-state index in [4.69, 9.17) is 0 Å². The summed E-state index contributed by atoms with van der Waals surface area (Å²) in [4.78, 5) is 32.4. The van der Waals surface area contributed by atoms with E-state index in [0.29, 0.717) is 31.9 Å². The molecule has 20 heavy (non-hydrogen) atoms. The SMILES string of the molecule is Cc1nc(C(=O)N2CCN(C(=O)C3CCC3)CC2)cs1. The Kier molecular flexibility index (Phi) is 3.74. The second-order valence-electron chi connectivity index (χ2n) is 5.50. The average molecular weight is 293 g/mol. The van der Waals surface area contributed by atoms with Gasteiger partial charge in [-0.3, -0.25) is 9.59 Å². The Morgan fingerprint density at radius 1 is 1.20 bits per heavy atom. The number of hydrogen-bond donors (Lipinski definition) is 0.